The molecule has 0 radical (unpaired) electrons. The van der Waals surface area contributed by atoms with E-state index in [-0.39, 0.29) is 41.1 Å². The summed E-state index contributed by atoms with van der Waals surface area (Å²) in [6, 6.07) is 8.74. The standard InChI is InChI=1S/C35H33N9O9S3/c1-35(2,33(51)52)53-40-21(20-17-56-34(36)37-20)26(45)38-22-28(47)43-24(18(15-54-30(22)43)13-41-9-5-3-6-10-41)27(46)39-23-29(48)44-25(32(49)50)19(16-55-31(23)44)14-42-11-7-4-8-12-42/h3-12,17,22-23,30-31H,13-16H2,1-2H3,(H4-2,36,37,38,39,45,46,49,50,51,52)/p+2/b40-21-/t22-,23-,30-,31-/m1/s1. The zero-order valence-corrected chi connectivity index (χ0v) is 32.2. The number of carbonyl (C=O) groups excluding carboxylic acids is 4. The Morgan fingerprint density at radius 1 is 0.875 bits per heavy atom. The van der Waals surface area contributed by atoms with Crippen LogP contribution in [0.4, 0.5) is 5.13 Å². The van der Waals surface area contributed by atoms with Gasteiger partial charge in [-0.05, 0) is 13.8 Å². The van der Waals surface area contributed by atoms with Crippen LogP contribution in [0.2, 0.25) is 0 Å². The average Bonchev–Trinajstić information content (AvgIpc) is 3.61. The lowest BCUT2D eigenvalue weighted by molar-refractivity contribution is -0.689. The number of nitrogens with one attached hydrogen (secondary N) is 2. The Bertz CT molecular complexity index is 2230. The topological polar surface area (TPSA) is 242 Å². The van der Waals surface area contributed by atoms with Gasteiger partial charge in [0.1, 0.15) is 39.9 Å². The minimum Gasteiger partial charge on any atom is -0.478 e. The van der Waals surface area contributed by atoms with Gasteiger partial charge in [-0.15, -0.1) is 34.9 Å². The number of amides is 4. The number of thiazole rings is 1. The van der Waals surface area contributed by atoms with Crippen molar-refractivity contribution in [2.24, 2.45) is 5.16 Å². The summed E-state index contributed by atoms with van der Waals surface area (Å²) in [5.41, 5.74) is 4.59. The lowest BCUT2D eigenvalue weighted by Crippen LogP contribution is -2.74. The second-order valence-corrected chi connectivity index (χ2v) is 16.5. The summed E-state index contributed by atoms with van der Waals surface area (Å²) in [4.78, 5) is 91.2. The van der Waals surface area contributed by atoms with Gasteiger partial charge in [-0.3, -0.25) is 29.0 Å². The summed E-state index contributed by atoms with van der Waals surface area (Å²) in [6.45, 7) is 2.98. The molecule has 6 N–H and O–H groups in total. The van der Waals surface area contributed by atoms with Crippen LogP contribution in [0.15, 0.2) is 94.3 Å². The molecule has 21 heteroatoms. The van der Waals surface area contributed by atoms with Gasteiger partial charge in [0.2, 0.25) is 5.60 Å². The summed E-state index contributed by atoms with van der Waals surface area (Å²) in [5, 5.41) is 29.0. The van der Waals surface area contributed by atoms with Crippen molar-refractivity contribution in [2.45, 2.75) is 55.4 Å². The molecule has 3 aromatic heterocycles. The number of hydrogen-bond acceptors (Lipinski definition) is 13. The fraction of sp³-hybridized carbons (Fsp3) is 0.314. The number of nitrogens with two attached hydrogens (primary N) is 1. The van der Waals surface area contributed by atoms with E-state index in [0.717, 1.165) is 11.3 Å². The second kappa shape index (κ2) is 15.4. The van der Waals surface area contributed by atoms with Crippen LogP contribution in [0.3, 0.4) is 0 Å². The molecule has 290 valence electrons. The molecule has 4 aliphatic heterocycles. The molecular weight excluding hydrogens is 787 g/mol. The number of thioether (sulfide) groups is 2. The third-order valence-electron chi connectivity index (χ3n) is 9.25. The van der Waals surface area contributed by atoms with E-state index in [0.29, 0.717) is 16.9 Å². The minimum absolute atomic E-state index is 0.000109. The highest BCUT2D eigenvalue weighted by Gasteiger charge is 2.58. The molecule has 4 amide bonds. The number of β-lactam (4-membered cyclic amide) rings is 2. The van der Waals surface area contributed by atoms with Crippen molar-refractivity contribution in [3.05, 3.63) is 94.8 Å². The smallest absolute Gasteiger partial charge is 0.352 e. The number of hydrogen-bond donors (Lipinski definition) is 5. The van der Waals surface area contributed by atoms with Crippen molar-refractivity contribution in [2.75, 3.05) is 17.2 Å². The number of nitrogen functional groups attached to an aromatic ring is 1. The van der Waals surface area contributed by atoms with Gasteiger partial charge in [0, 0.05) is 52.3 Å². The molecule has 18 nitrogen and oxygen atoms in total. The quantitative estimate of drug-likeness (QED) is 0.0644. The fourth-order valence-corrected chi connectivity index (χ4v) is 9.58. The van der Waals surface area contributed by atoms with Crippen LogP contribution in [-0.2, 0) is 46.7 Å². The summed E-state index contributed by atoms with van der Waals surface area (Å²) < 4.78 is 3.65. The normalized spacial score (nSPS) is 22.1. The Labute approximate surface area is 331 Å². The van der Waals surface area contributed by atoms with Gasteiger partial charge in [-0.25, -0.2) is 23.7 Å². The first-order valence-electron chi connectivity index (χ1n) is 17.0. The lowest BCUT2D eigenvalue weighted by Gasteiger charge is -2.51. The van der Waals surface area contributed by atoms with Crippen molar-refractivity contribution < 1.29 is 53.0 Å². The zero-order chi connectivity index (χ0) is 39.9. The number of oxime groups is 1. The van der Waals surface area contributed by atoms with Crippen molar-refractivity contribution >= 4 is 81.3 Å². The first-order valence-corrected chi connectivity index (χ1v) is 20.0. The summed E-state index contributed by atoms with van der Waals surface area (Å²) in [7, 11) is 0. The number of anilines is 1. The average molecular weight is 822 g/mol. The van der Waals surface area contributed by atoms with Crippen LogP contribution in [0.25, 0.3) is 0 Å². The second-order valence-electron chi connectivity index (χ2n) is 13.4. The van der Waals surface area contributed by atoms with Gasteiger partial charge in [-0.2, -0.15) is 0 Å². The van der Waals surface area contributed by atoms with E-state index >= 15 is 0 Å². The summed E-state index contributed by atoms with van der Waals surface area (Å²) >= 11 is 3.66. The van der Waals surface area contributed by atoms with Crippen LogP contribution in [0.5, 0.6) is 0 Å². The van der Waals surface area contributed by atoms with Crippen molar-refractivity contribution in [3.63, 3.8) is 0 Å². The Morgan fingerprint density at radius 2 is 1.39 bits per heavy atom. The Hall–Kier alpha value is -5.80. The van der Waals surface area contributed by atoms with Gasteiger partial charge in [0.15, 0.2) is 48.7 Å². The molecule has 7 heterocycles. The number of carboxylic acid groups (broad SMARTS) is 2. The largest absolute Gasteiger partial charge is 0.478 e. The number of carboxylic acids is 2. The maximum atomic E-state index is 14.3. The maximum absolute atomic E-state index is 14.3. The number of aliphatic carboxylic acids is 2. The number of nitrogens with zero attached hydrogens (tertiary/aromatic N) is 6. The molecule has 56 heavy (non-hydrogen) atoms. The molecule has 2 saturated heterocycles. The predicted octanol–water partition coefficient (Wildman–Crippen LogP) is -0.323. The van der Waals surface area contributed by atoms with E-state index in [1.165, 1.54) is 52.6 Å². The van der Waals surface area contributed by atoms with E-state index in [1.54, 1.807) is 24.8 Å². The molecular formula is C35H35N9O9S3+2. The lowest BCUT2D eigenvalue weighted by atomic mass is 9.99. The van der Waals surface area contributed by atoms with Crippen molar-refractivity contribution in [1.82, 2.24) is 25.4 Å². The summed E-state index contributed by atoms with van der Waals surface area (Å²) in [5.74, 6) is -4.80. The molecule has 2 fully saturated rings. The number of aromatic nitrogens is 3. The Kier molecular flexibility index (Phi) is 10.6. The third-order valence-corrected chi connectivity index (χ3v) is 12.6. The molecule has 3 aromatic rings. The molecule has 0 aromatic carbocycles. The monoisotopic (exact) mass is 821 g/mol. The molecule has 4 aliphatic rings. The highest BCUT2D eigenvalue weighted by Crippen LogP contribution is 2.43. The van der Waals surface area contributed by atoms with Crippen LogP contribution < -0.4 is 25.5 Å². The van der Waals surface area contributed by atoms with E-state index in [4.69, 9.17) is 10.6 Å². The molecule has 0 bridgehead atoms. The number of rotatable bonds is 13. The van der Waals surface area contributed by atoms with Gasteiger partial charge in [-0.1, -0.05) is 17.3 Å². The minimum atomic E-state index is -1.81. The van der Waals surface area contributed by atoms with E-state index in [2.05, 4.69) is 20.8 Å². The van der Waals surface area contributed by atoms with E-state index < -0.39 is 69.7 Å². The van der Waals surface area contributed by atoms with Crippen LogP contribution in [-0.4, -0.2) is 106 Å². The fourth-order valence-electron chi connectivity index (χ4n) is 6.36. The molecule has 0 spiro atoms. The number of fused-ring (bicyclic) bond motifs is 2. The Morgan fingerprint density at radius 3 is 1.89 bits per heavy atom. The number of pyridine rings is 2. The molecule has 0 unspecified atom stereocenters. The SMILES string of the molecule is CC(C)(O/N=C(\C(=O)N[C@@H]1C(=O)N2C(C(=O)N[C@@H]3C(=O)N4C(C(=O)O)=C(C[n+]5ccccc5)CS[C@H]34)=C(C[n+]3ccccc3)CS[C@H]12)c1csc(N)n1)C(=O)O. The van der Waals surface area contributed by atoms with Crippen molar-refractivity contribution in [1.29, 1.82) is 0 Å². The summed E-state index contributed by atoms with van der Waals surface area (Å²) in [6.07, 6.45) is 7.20. The molecule has 4 atom stereocenters. The van der Waals surface area contributed by atoms with Gasteiger partial charge >= 0.3 is 11.9 Å². The van der Waals surface area contributed by atoms with Crippen LogP contribution in [0, 0.1) is 0 Å². The van der Waals surface area contributed by atoms with Gasteiger partial charge < -0.3 is 31.4 Å². The van der Waals surface area contributed by atoms with E-state index in [9.17, 15) is 39.0 Å². The van der Waals surface area contributed by atoms with Gasteiger partial charge in [0.05, 0.1) is 0 Å². The maximum Gasteiger partial charge on any atom is 0.352 e. The Balaban J connectivity index is 1.12. The van der Waals surface area contributed by atoms with E-state index in [1.807, 2.05) is 45.5 Å². The molecule has 7 rings (SSSR count). The highest BCUT2D eigenvalue weighted by atomic mass is 32.2. The zero-order valence-electron chi connectivity index (χ0n) is 29.7. The van der Waals surface area contributed by atoms with Crippen LogP contribution in [0.1, 0.15) is 19.5 Å². The molecule has 0 saturated carbocycles. The first-order chi connectivity index (χ1) is 26.7. The third kappa shape index (κ3) is 7.31. The van der Waals surface area contributed by atoms with Crippen LogP contribution >= 0.6 is 34.9 Å². The van der Waals surface area contributed by atoms with Gasteiger partial charge in [0.25, 0.3) is 23.6 Å². The first kappa shape index (κ1) is 38.5. The molecule has 0 aliphatic carbocycles. The number of carbonyl (C=O) groups is 6. The highest BCUT2D eigenvalue weighted by molar-refractivity contribution is 8.00. The van der Waals surface area contributed by atoms with Crippen molar-refractivity contribution in [3.8, 4) is 0 Å². The predicted molar refractivity (Wildman–Crippen MR) is 201 cm³/mol.